The van der Waals surface area contributed by atoms with Gasteiger partial charge in [0.25, 0.3) is 0 Å². The van der Waals surface area contributed by atoms with Gasteiger partial charge in [0.1, 0.15) is 5.75 Å². The Morgan fingerprint density at radius 2 is 1.79 bits per heavy atom. The topological polar surface area (TPSA) is 66.5 Å². The molecule has 2 aromatic carbocycles. The summed E-state index contributed by atoms with van der Waals surface area (Å²) in [6.07, 6.45) is -0.361. The molecule has 100 valence electrons. The van der Waals surface area contributed by atoms with Crippen molar-refractivity contribution in [3.05, 3.63) is 64.7 Å². The highest BCUT2D eigenvalue weighted by atomic mass is 35.5. The van der Waals surface area contributed by atoms with Gasteiger partial charge in [-0.2, -0.15) is 0 Å². The lowest BCUT2D eigenvalue weighted by atomic mass is 9.96. The van der Waals surface area contributed by atoms with Crippen LogP contribution in [-0.2, 0) is 6.42 Å². The van der Waals surface area contributed by atoms with E-state index in [2.05, 4.69) is 0 Å². The monoisotopic (exact) mass is 277 g/mol. The molecule has 0 bridgehead atoms. The Labute approximate surface area is 117 Å². The molecule has 0 aliphatic heterocycles. The van der Waals surface area contributed by atoms with Crippen LogP contribution in [0.4, 0.5) is 0 Å². The molecule has 0 saturated carbocycles. The van der Waals surface area contributed by atoms with E-state index in [0.29, 0.717) is 17.0 Å². The van der Waals surface area contributed by atoms with Gasteiger partial charge in [0.05, 0.1) is 12.1 Å². The van der Waals surface area contributed by atoms with Crippen LogP contribution in [0.15, 0.2) is 48.5 Å². The summed E-state index contributed by atoms with van der Waals surface area (Å²) in [6, 6.07) is 13.5. The van der Waals surface area contributed by atoms with Gasteiger partial charge in [0, 0.05) is 17.0 Å². The highest BCUT2D eigenvalue weighted by Crippen LogP contribution is 2.28. The van der Waals surface area contributed by atoms with Crippen molar-refractivity contribution >= 4 is 11.6 Å². The highest BCUT2D eigenvalue weighted by Gasteiger charge is 2.20. The van der Waals surface area contributed by atoms with E-state index in [-0.39, 0.29) is 5.75 Å². The zero-order valence-corrected chi connectivity index (χ0v) is 11.1. The van der Waals surface area contributed by atoms with Crippen molar-refractivity contribution in [2.75, 3.05) is 0 Å². The maximum Gasteiger partial charge on any atom is 0.120 e. The van der Waals surface area contributed by atoms with Crippen molar-refractivity contribution in [3.63, 3.8) is 0 Å². The summed E-state index contributed by atoms with van der Waals surface area (Å²) in [5.41, 5.74) is 7.43. The minimum absolute atomic E-state index is 0.0454. The molecule has 0 spiro atoms. The first-order valence-corrected chi connectivity index (χ1v) is 6.41. The van der Waals surface area contributed by atoms with Gasteiger partial charge >= 0.3 is 0 Å². The minimum Gasteiger partial charge on any atom is -0.508 e. The molecular weight excluding hydrogens is 262 g/mol. The summed E-state index contributed by atoms with van der Waals surface area (Å²) >= 11 is 5.88. The zero-order valence-electron chi connectivity index (χ0n) is 10.3. The van der Waals surface area contributed by atoms with Gasteiger partial charge in [0.15, 0.2) is 0 Å². The molecule has 2 aromatic rings. The van der Waals surface area contributed by atoms with Crippen LogP contribution in [0.1, 0.15) is 17.2 Å². The summed E-state index contributed by atoms with van der Waals surface area (Å²) < 4.78 is 0. The average molecular weight is 278 g/mol. The number of benzene rings is 2. The molecule has 0 saturated heterocycles. The smallest absolute Gasteiger partial charge is 0.120 e. The molecule has 0 aliphatic rings. The Morgan fingerprint density at radius 3 is 2.47 bits per heavy atom. The summed E-state index contributed by atoms with van der Waals surface area (Å²) in [5.74, 6) is 0.0454. The predicted molar refractivity (Wildman–Crippen MR) is 76.2 cm³/mol. The molecule has 3 nitrogen and oxygen atoms in total. The molecule has 2 rings (SSSR count). The fraction of sp³-hybridized carbons (Fsp3) is 0.200. The summed E-state index contributed by atoms with van der Waals surface area (Å²) in [6.45, 7) is 0. The van der Waals surface area contributed by atoms with Crippen molar-refractivity contribution in [3.8, 4) is 5.75 Å². The average Bonchev–Trinajstić information content (AvgIpc) is 2.42. The molecule has 2 atom stereocenters. The van der Waals surface area contributed by atoms with Gasteiger partial charge in [-0.05, 0) is 23.8 Å². The number of aromatic hydroxyl groups is 1. The van der Waals surface area contributed by atoms with Gasteiger partial charge in [-0.25, -0.2) is 0 Å². The van der Waals surface area contributed by atoms with Gasteiger partial charge in [-0.3, -0.25) is 0 Å². The zero-order chi connectivity index (χ0) is 13.8. The Balaban J connectivity index is 2.14. The Bertz CT molecular complexity index is 545. The molecule has 0 unspecified atom stereocenters. The third-order valence-corrected chi connectivity index (χ3v) is 3.29. The largest absolute Gasteiger partial charge is 0.508 e. The van der Waals surface area contributed by atoms with Crippen molar-refractivity contribution in [2.45, 2.75) is 18.6 Å². The second kappa shape index (κ2) is 6.06. The number of nitrogens with two attached hydrogens (primary N) is 1. The van der Waals surface area contributed by atoms with Crippen molar-refractivity contribution in [1.82, 2.24) is 0 Å². The van der Waals surface area contributed by atoms with Crippen LogP contribution in [-0.4, -0.2) is 16.3 Å². The van der Waals surface area contributed by atoms with Crippen LogP contribution in [0, 0.1) is 0 Å². The molecule has 0 amide bonds. The maximum atomic E-state index is 10.2. The van der Waals surface area contributed by atoms with Gasteiger partial charge in [-0.1, -0.05) is 41.9 Å². The fourth-order valence-corrected chi connectivity index (χ4v) is 2.16. The number of rotatable bonds is 4. The van der Waals surface area contributed by atoms with Crippen LogP contribution >= 0.6 is 11.6 Å². The van der Waals surface area contributed by atoms with Crippen LogP contribution in [0.2, 0.25) is 5.02 Å². The lowest BCUT2D eigenvalue weighted by molar-refractivity contribution is 0.144. The van der Waals surface area contributed by atoms with E-state index in [1.54, 1.807) is 12.1 Å². The van der Waals surface area contributed by atoms with Gasteiger partial charge in [-0.15, -0.1) is 0 Å². The van der Waals surface area contributed by atoms with E-state index < -0.39 is 12.1 Å². The number of aliphatic hydroxyl groups excluding tert-OH is 1. The highest BCUT2D eigenvalue weighted by molar-refractivity contribution is 6.30. The van der Waals surface area contributed by atoms with E-state index >= 15 is 0 Å². The molecular formula is C15H16ClNO2. The number of aliphatic hydroxyl groups is 1. The van der Waals surface area contributed by atoms with E-state index in [0.717, 1.165) is 5.56 Å². The Morgan fingerprint density at radius 1 is 1.11 bits per heavy atom. The van der Waals surface area contributed by atoms with Gasteiger partial charge in [0.2, 0.25) is 0 Å². The van der Waals surface area contributed by atoms with Crippen molar-refractivity contribution in [1.29, 1.82) is 0 Å². The SMILES string of the molecule is N[C@@H](c1cc(Cl)ccc1O)[C@H](O)Cc1ccccc1. The van der Waals surface area contributed by atoms with E-state index in [4.69, 9.17) is 17.3 Å². The Hall–Kier alpha value is -1.55. The second-order valence-corrected chi connectivity index (χ2v) is 4.92. The maximum absolute atomic E-state index is 10.2. The molecule has 0 heterocycles. The molecule has 0 aromatic heterocycles. The van der Waals surface area contributed by atoms with Crippen LogP contribution in [0.25, 0.3) is 0 Å². The lowest BCUT2D eigenvalue weighted by Gasteiger charge is -2.20. The molecule has 19 heavy (non-hydrogen) atoms. The van der Waals surface area contributed by atoms with Gasteiger partial charge < -0.3 is 15.9 Å². The van der Waals surface area contributed by atoms with Crippen LogP contribution in [0.5, 0.6) is 5.75 Å². The summed E-state index contributed by atoms with van der Waals surface area (Å²) in [7, 11) is 0. The standard InChI is InChI=1S/C15H16ClNO2/c16-11-6-7-13(18)12(9-11)15(17)14(19)8-10-4-2-1-3-5-10/h1-7,9,14-15,18-19H,8,17H2/t14-,15+/m1/s1. The number of hydrogen-bond acceptors (Lipinski definition) is 3. The summed E-state index contributed by atoms with van der Waals surface area (Å²) in [5, 5.41) is 20.4. The Kier molecular flexibility index (Phi) is 4.43. The third-order valence-electron chi connectivity index (χ3n) is 3.05. The normalized spacial score (nSPS) is 14.1. The lowest BCUT2D eigenvalue weighted by Crippen LogP contribution is -2.28. The molecule has 4 N–H and O–H groups in total. The first-order valence-electron chi connectivity index (χ1n) is 6.04. The molecule has 0 aliphatic carbocycles. The first kappa shape index (κ1) is 13.9. The van der Waals surface area contributed by atoms with E-state index in [1.807, 2.05) is 30.3 Å². The number of halogens is 1. The van der Waals surface area contributed by atoms with Crippen molar-refractivity contribution in [2.24, 2.45) is 5.73 Å². The number of hydrogen-bond donors (Lipinski definition) is 3. The molecule has 0 radical (unpaired) electrons. The second-order valence-electron chi connectivity index (χ2n) is 4.49. The molecule has 4 heteroatoms. The van der Waals surface area contributed by atoms with E-state index in [1.165, 1.54) is 6.07 Å². The third kappa shape index (κ3) is 3.47. The number of phenolic OH excluding ortho intramolecular Hbond substituents is 1. The van der Waals surface area contributed by atoms with Crippen molar-refractivity contribution < 1.29 is 10.2 Å². The first-order chi connectivity index (χ1) is 9.08. The molecule has 0 fully saturated rings. The summed E-state index contributed by atoms with van der Waals surface area (Å²) in [4.78, 5) is 0. The predicted octanol–water partition coefficient (Wildman–Crippen LogP) is 2.65. The van der Waals surface area contributed by atoms with Crippen LogP contribution < -0.4 is 5.73 Å². The van der Waals surface area contributed by atoms with E-state index in [9.17, 15) is 10.2 Å². The quantitative estimate of drug-likeness (QED) is 0.805. The minimum atomic E-state index is -0.785. The van der Waals surface area contributed by atoms with Crippen LogP contribution in [0.3, 0.4) is 0 Å². The number of phenols is 1. The fourth-order valence-electron chi connectivity index (χ4n) is 1.98.